The summed E-state index contributed by atoms with van der Waals surface area (Å²) >= 11 is 0. The summed E-state index contributed by atoms with van der Waals surface area (Å²) in [7, 11) is 1.51. The van der Waals surface area contributed by atoms with Crippen molar-refractivity contribution in [2.45, 2.75) is 58.8 Å². The fourth-order valence-electron chi connectivity index (χ4n) is 3.40. The van der Waals surface area contributed by atoms with Gasteiger partial charge in [0.25, 0.3) is 0 Å². The molecule has 1 aromatic rings. The minimum absolute atomic E-state index is 0. The number of nitrogens with zero attached hydrogens (tertiary/aromatic N) is 1. The van der Waals surface area contributed by atoms with Crippen LogP contribution in [0.2, 0.25) is 0 Å². The van der Waals surface area contributed by atoms with Gasteiger partial charge in [-0.05, 0) is 38.0 Å². The van der Waals surface area contributed by atoms with E-state index in [9.17, 15) is 13.9 Å². The number of halogens is 3. The number of aliphatic imine (C=N–C) groups is 1. The van der Waals surface area contributed by atoms with Crippen LogP contribution in [0.5, 0.6) is 11.5 Å². The highest BCUT2D eigenvalue weighted by Gasteiger charge is 2.35. The zero-order valence-electron chi connectivity index (χ0n) is 17.2. The van der Waals surface area contributed by atoms with Gasteiger partial charge < -0.3 is 25.2 Å². The largest absolute Gasteiger partial charge is 0.497 e. The molecule has 2 rings (SSSR count). The Bertz CT molecular complexity index is 664. The SMILES string of the molecule is CCNC(=NCc1cc(OC)ccc1OC(F)F)NCC1(C)CCCCC1O.I. The summed E-state index contributed by atoms with van der Waals surface area (Å²) in [4.78, 5) is 4.50. The first-order valence-electron chi connectivity index (χ1n) is 9.70. The molecule has 6 nitrogen and oxygen atoms in total. The molecule has 0 amide bonds. The molecule has 1 aliphatic rings. The predicted octanol–water partition coefficient (Wildman–Crippen LogP) is 3.91. The average molecular weight is 527 g/mol. The van der Waals surface area contributed by atoms with E-state index in [0.29, 0.717) is 30.4 Å². The molecule has 0 bridgehead atoms. The van der Waals surface area contributed by atoms with Gasteiger partial charge in [0.05, 0.1) is 19.8 Å². The Hall–Kier alpha value is -1.36. The van der Waals surface area contributed by atoms with Crippen LogP contribution in [0.1, 0.15) is 45.1 Å². The van der Waals surface area contributed by atoms with E-state index in [1.54, 1.807) is 12.1 Å². The van der Waals surface area contributed by atoms with E-state index in [1.807, 2.05) is 6.92 Å². The van der Waals surface area contributed by atoms with Crippen molar-refractivity contribution in [2.24, 2.45) is 10.4 Å². The Kier molecular flexibility index (Phi) is 10.9. The molecular weight excluding hydrogens is 495 g/mol. The monoisotopic (exact) mass is 527 g/mol. The number of hydrogen-bond acceptors (Lipinski definition) is 4. The Morgan fingerprint density at radius 1 is 1.34 bits per heavy atom. The van der Waals surface area contributed by atoms with Gasteiger partial charge in [-0.2, -0.15) is 8.78 Å². The second-order valence-electron chi connectivity index (χ2n) is 7.32. The van der Waals surface area contributed by atoms with Crippen LogP contribution in [0.25, 0.3) is 0 Å². The second-order valence-corrected chi connectivity index (χ2v) is 7.32. The molecule has 0 aliphatic heterocycles. The molecule has 0 saturated heterocycles. The molecule has 1 saturated carbocycles. The molecule has 1 fully saturated rings. The van der Waals surface area contributed by atoms with E-state index in [0.717, 1.165) is 25.7 Å². The molecule has 0 radical (unpaired) electrons. The normalized spacial score (nSPS) is 22.0. The van der Waals surface area contributed by atoms with Gasteiger partial charge in [0.15, 0.2) is 5.96 Å². The minimum Gasteiger partial charge on any atom is -0.497 e. The quantitative estimate of drug-likeness (QED) is 0.272. The van der Waals surface area contributed by atoms with Crippen molar-refractivity contribution in [1.82, 2.24) is 10.6 Å². The number of aliphatic hydroxyl groups is 1. The fourth-order valence-corrected chi connectivity index (χ4v) is 3.40. The average Bonchev–Trinajstić information content (AvgIpc) is 2.67. The number of nitrogens with one attached hydrogen (secondary N) is 2. The Morgan fingerprint density at radius 3 is 2.72 bits per heavy atom. The number of alkyl halides is 2. The Labute approximate surface area is 188 Å². The number of aliphatic hydroxyl groups excluding tert-OH is 1. The molecule has 166 valence electrons. The summed E-state index contributed by atoms with van der Waals surface area (Å²) in [6.45, 7) is 2.50. The maximum atomic E-state index is 12.7. The molecular formula is C20H32F2IN3O3. The minimum atomic E-state index is -2.91. The topological polar surface area (TPSA) is 75.1 Å². The molecule has 0 aromatic heterocycles. The van der Waals surface area contributed by atoms with Gasteiger partial charge in [0, 0.05) is 24.1 Å². The van der Waals surface area contributed by atoms with Gasteiger partial charge in [0.1, 0.15) is 11.5 Å². The summed E-state index contributed by atoms with van der Waals surface area (Å²) in [6, 6.07) is 4.66. The lowest BCUT2D eigenvalue weighted by atomic mass is 9.73. The summed E-state index contributed by atoms with van der Waals surface area (Å²) in [6.07, 6.45) is 3.56. The number of guanidine groups is 1. The maximum absolute atomic E-state index is 12.7. The number of ether oxygens (including phenoxy) is 2. The van der Waals surface area contributed by atoms with E-state index in [2.05, 4.69) is 27.3 Å². The summed E-state index contributed by atoms with van der Waals surface area (Å²) in [5.74, 6) is 1.18. The number of hydrogen-bond donors (Lipinski definition) is 3. The van der Waals surface area contributed by atoms with Crippen molar-refractivity contribution >= 4 is 29.9 Å². The first-order chi connectivity index (χ1) is 13.4. The van der Waals surface area contributed by atoms with Gasteiger partial charge in [-0.3, -0.25) is 0 Å². The first-order valence-corrected chi connectivity index (χ1v) is 9.70. The summed E-state index contributed by atoms with van der Waals surface area (Å²) < 4.78 is 35.1. The van der Waals surface area contributed by atoms with Crippen molar-refractivity contribution in [1.29, 1.82) is 0 Å². The Balaban J connectivity index is 0.00000420. The second kappa shape index (κ2) is 12.4. The van der Waals surface area contributed by atoms with Crippen molar-refractivity contribution < 1.29 is 23.4 Å². The molecule has 0 heterocycles. The number of methoxy groups -OCH3 is 1. The van der Waals surface area contributed by atoms with Crippen molar-refractivity contribution in [3.63, 3.8) is 0 Å². The zero-order valence-corrected chi connectivity index (χ0v) is 19.5. The summed E-state index contributed by atoms with van der Waals surface area (Å²) in [5.41, 5.74) is 0.287. The van der Waals surface area contributed by atoms with Gasteiger partial charge in [-0.25, -0.2) is 4.99 Å². The van der Waals surface area contributed by atoms with Crippen LogP contribution < -0.4 is 20.1 Å². The van der Waals surface area contributed by atoms with E-state index in [4.69, 9.17) is 4.74 Å². The Morgan fingerprint density at radius 2 is 2.10 bits per heavy atom. The third-order valence-electron chi connectivity index (χ3n) is 5.18. The number of benzene rings is 1. The van der Waals surface area contributed by atoms with Crippen LogP contribution >= 0.6 is 24.0 Å². The molecule has 9 heteroatoms. The smallest absolute Gasteiger partial charge is 0.387 e. The van der Waals surface area contributed by atoms with Gasteiger partial charge >= 0.3 is 6.61 Å². The third kappa shape index (κ3) is 7.76. The lowest BCUT2D eigenvalue weighted by Gasteiger charge is -2.38. The van der Waals surface area contributed by atoms with Gasteiger partial charge in [0.2, 0.25) is 0 Å². The standard InChI is InChI=1S/C20H31F2N3O3.HI/c1-4-23-19(25-13-20(2)10-6-5-7-17(20)26)24-12-14-11-15(27-3)8-9-16(14)28-18(21)22;/h8-9,11,17-18,26H,4-7,10,12-13H2,1-3H3,(H2,23,24,25);1H. The van der Waals surface area contributed by atoms with Crippen LogP contribution in [0, 0.1) is 5.41 Å². The van der Waals surface area contributed by atoms with Crippen molar-refractivity contribution in [2.75, 3.05) is 20.2 Å². The lowest BCUT2D eigenvalue weighted by Crippen LogP contribution is -2.48. The van der Waals surface area contributed by atoms with Crippen molar-refractivity contribution in [3.8, 4) is 11.5 Å². The third-order valence-corrected chi connectivity index (χ3v) is 5.18. The zero-order chi connectivity index (χ0) is 20.6. The highest BCUT2D eigenvalue weighted by molar-refractivity contribution is 14.0. The van der Waals surface area contributed by atoms with Gasteiger partial charge in [-0.1, -0.05) is 19.8 Å². The van der Waals surface area contributed by atoms with Crippen molar-refractivity contribution in [3.05, 3.63) is 23.8 Å². The highest BCUT2D eigenvalue weighted by Crippen LogP contribution is 2.35. The van der Waals surface area contributed by atoms with Crippen LogP contribution in [-0.2, 0) is 6.54 Å². The molecule has 2 unspecified atom stereocenters. The maximum Gasteiger partial charge on any atom is 0.387 e. The predicted molar refractivity (Wildman–Crippen MR) is 120 cm³/mol. The van der Waals surface area contributed by atoms with Gasteiger partial charge in [-0.15, -0.1) is 24.0 Å². The highest BCUT2D eigenvalue weighted by atomic mass is 127. The molecule has 1 aromatic carbocycles. The van der Waals surface area contributed by atoms with E-state index < -0.39 is 6.61 Å². The van der Waals surface area contributed by atoms with E-state index >= 15 is 0 Å². The lowest BCUT2D eigenvalue weighted by molar-refractivity contribution is -0.0504. The fraction of sp³-hybridized carbons (Fsp3) is 0.650. The molecule has 2 atom stereocenters. The molecule has 1 aliphatic carbocycles. The molecule has 3 N–H and O–H groups in total. The first kappa shape index (κ1) is 25.7. The summed E-state index contributed by atoms with van der Waals surface area (Å²) in [5, 5.41) is 16.8. The van der Waals surface area contributed by atoms with E-state index in [1.165, 1.54) is 13.2 Å². The van der Waals surface area contributed by atoms with Crippen LogP contribution in [-0.4, -0.2) is 44.0 Å². The van der Waals surface area contributed by atoms with Crippen LogP contribution in [0.4, 0.5) is 8.78 Å². The molecule has 0 spiro atoms. The van der Waals surface area contributed by atoms with Crippen LogP contribution in [0.15, 0.2) is 23.2 Å². The molecule has 29 heavy (non-hydrogen) atoms. The van der Waals surface area contributed by atoms with Crippen LogP contribution in [0.3, 0.4) is 0 Å². The number of rotatable bonds is 8. The van der Waals surface area contributed by atoms with E-state index in [-0.39, 0.29) is 47.8 Å².